The Balaban J connectivity index is 1.64. The first kappa shape index (κ1) is 16.4. The van der Waals surface area contributed by atoms with E-state index in [0.29, 0.717) is 23.9 Å². The lowest BCUT2D eigenvalue weighted by Gasteiger charge is -2.23. The van der Waals surface area contributed by atoms with Crippen molar-refractivity contribution in [1.29, 1.82) is 0 Å². The molecule has 0 bridgehead atoms. The number of nitrogens with zero attached hydrogens (tertiary/aromatic N) is 3. The largest absolute Gasteiger partial charge is 0.437 e. The second kappa shape index (κ2) is 7.88. The Labute approximate surface area is 141 Å². The highest BCUT2D eigenvalue weighted by molar-refractivity contribution is 5.96. The summed E-state index contributed by atoms with van der Waals surface area (Å²) in [4.78, 5) is 23.1. The van der Waals surface area contributed by atoms with E-state index < -0.39 is 0 Å². The molecule has 1 fully saturated rings. The molecule has 24 heavy (non-hydrogen) atoms. The summed E-state index contributed by atoms with van der Waals surface area (Å²) in [7, 11) is 0. The Morgan fingerprint density at radius 3 is 2.83 bits per heavy atom. The molecule has 0 aliphatic carbocycles. The van der Waals surface area contributed by atoms with Gasteiger partial charge in [0.05, 0.1) is 6.20 Å². The molecular weight excluding hydrogens is 304 g/mol. The Hall–Kier alpha value is -2.47. The lowest BCUT2D eigenvalue weighted by Crippen LogP contribution is -2.40. The van der Waals surface area contributed by atoms with E-state index in [9.17, 15) is 4.79 Å². The normalized spacial score (nSPS) is 15.9. The molecule has 126 valence electrons. The van der Waals surface area contributed by atoms with E-state index in [1.165, 1.54) is 12.8 Å². The van der Waals surface area contributed by atoms with Crippen molar-refractivity contribution in [2.24, 2.45) is 0 Å². The number of ether oxygens (including phenoxy) is 1. The third-order valence-electron chi connectivity index (χ3n) is 4.19. The number of rotatable bonds is 6. The average molecular weight is 326 g/mol. The van der Waals surface area contributed by atoms with Crippen LogP contribution >= 0.6 is 0 Å². The minimum Gasteiger partial charge on any atom is -0.437 e. The first-order valence-electron chi connectivity index (χ1n) is 8.29. The fourth-order valence-corrected chi connectivity index (χ4v) is 2.81. The maximum absolute atomic E-state index is 12.5. The van der Waals surface area contributed by atoms with E-state index in [4.69, 9.17) is 4.74 Å². The van der Waals surface area contributed by atoms with Gasteiger partial charge in [0, 0.05) is 25.0 Å². The molecule has 0 aromatic carbocycles. The first-order valence-corrected chi connectivity index (χ1v) is 8.29. The number of nitrogens with one attached hydrogen (secondary N) is 1. The van der Waals surface area contributed by atoms with Crippen molar-refractivity contribution < 1.29 is 9.53 Å². The van der Waals surface area contributed by atoms with Crippen molar-refractivity contribution in [3.05, 3.63) is 48.4 Å². The fourth-order valence-electron chi connectivity index (χ4n) is 2.81. The van der Waals surface area contributed by atoms with Gasteiger partial charge in [-0.15, -0.1) is 0 Å². The first-order chi connectivity index (χ1) is 11.7. The molecule has 0 saturated carbocycles. The minimum absolute atomic E-state index is 0.173. The molecule has 3 rings (SSSR count). The summed E-state index contributed by atoms with van der Waals surface area (Å²) < 4.78 is 5.69. The summed E-state index contributed by atoms with van der Waals surface area (Å²) in [5.41, 5.74) is 0.426. The lowest BCUT2D eigenvalue weighted by atomic mass is 10.2. The number of carbonyl (C=O) groups excluding carboxylic acids is 1. The number of aromatic nitrogens is 2. The van der Waals surface area contributed by atoms with Gasteiger partial charge in [-0.1, -0.05) is 0 Å². The molecule has 1 saturated heterocycles. The summed E-state index contributed by atoms with van der Waals surface area (Å²) in [5.74, 6) is 0.667. The van der Waals surface area contributed by atoms with Crippen LogP contribution in [0.4, 0.5) is 0 Å². The summed E-state index contributed by atoms with van der Waals surface area (Å²) in [6.07, 6.45) is 7.34. The zero-order chi connectivity index (χ0) is 16.8. The Bertz CT molecular complexity index is 672. The molecule has 0 unspecified atom stereocenters. The maximum atomic E-state index is 12.5. The van der Waals surface area contributed by atoms with Crippen LogP contribution in [0.2, 0.25) is 0 Å². The number of amides is 1. The van der Waals surface area contributed by atoms with Gasteiger partial charge >= 0.3 is 0 Å². The van der Waals surface area contributed by atoms with E-state index in [0.717, 1.165) is 13.1 Å². The molecule has 0 radical (unpaired) electrons. The van der Waals surface area contributed by atoms with Crippen LogP contribution in [0.25, 0.3) is 0 Å². The second-order valence-electron chi connectivity index (χ2n) is 5.95. The summed E-state index contributed by atoms with van der Waals surface area (Å²) in [6.45, 7) is 4.97. The third-order valence-corrected chi connectivity index (χ3v) is 4.19. The van der Waals surface area contributed by atoms with Gasteiger partial charge in [-0.25, -0.2) is 4.98 Å². The van der Waals surface area contributed by atoms with Crippen molar-refractivity contribution in [3.63, 3.8) is 0 Å². The van der Waals surface area contributed by atoms with E-state index in [1.54, 1.807) is 42.9 Å². The molecule has 1 atom stereocenters. The van der Waals surface area contributed by atoms with Crippen molar-refractivity contribution in [2.45, 2.75) is 25.8 Å². The topological polar surface area (TPSA) is 67.3 Å². The van der Waals surface area contributed by atoms with Crippen LogP contribution in [0.3, 0.4) is 0 Å². The van der Waals surface area contributed by atoms with Crippen LogP contribution in [0, 0.1) is 0 Å². The van der Waals surface area contributed by atoms with E-state index >= 15 is 0 Å². The summed E-state index contributed by atoms with van der Waals surface area (Å²) in [6, 6.07) is 7.33. The predicted molar refractivity (Wildman–Crippen MR) is 91.2 cm³/mol. The molecule has 1 N–H and O–H groups in total. The Morgan fingerprint density at radius 1 is 1.29 bits per heavy atom. The standard InChI is InChI=1S/C18H22N4O2/c1-14(22-10-2-3-11-22)12-21-17(23)16-7-5-9-20-18(16)24-15-6-4-8-19-13-15/h4-9,13-14H,2-3,10-12H2,1H3,(H,21,23)/t14-/m0/s1. The molecule has 0 spiro atoms. The summed E-state index contributed by atoms with van der Waals surface area (Å²) >= 11 is 0. The van der Waals surface area contributed by atoms with Crippen LogP contribution < -0.4 is 10.1 Å². The van der Waals surface area contributed by atoms with Crippen molar-refractivity contribution in [2.75, 3.05) is 19.6 Å². The van der Waals surface area contributed by atoms with Crippen molar-refractivity contribution >= 4 is 5.91 Å². The van der Waals surface area contributed by atoms with E-state index in [2.05, 4.69) is 27.1 Å². The quantitative estimate of drug-likeness (QED) is 0.883. The highest BCUT2D eigenvalue weighted by atomic mass is 16.5. The summed E-state index contributed by atoms with van der Waals surface area (Å²) in [5, 5.41) is 2.99. The molecule has 1 aliphatic heterocycles. The smallest absolute Gasteiger partial charge is 0.256 e. The van der Waals surface area contributed by atoms with Gasteiger partial charge < -0.3 is 10.1 Å². The SMILES string of the molecule is C[C@@H](CNC(=O)c1cccnc1Oc1cccnc1)N1CCCC1. The number of likely N-dealkylation sites (tertiary alicyclic amines) is 1. The van der Waals surface area contributed by atoms with Crippen molar-refractivity contribution in [3.8, 4) is 11.6 Å². The Morgan fingerprint density at radius 2 is 2.08 bits per heavy atom. The van der Waals surface area contributed by atoms with Gasteiger partial charge in [0.25, 0.3) is 5.91 Å². The number of pyridine rings is 2. The zero-order valence-corrected chi connectivity index (χ0v) is 13.8. The van der Waals surface area contributed by atoms with Crippen LogP contribution in [-0.4, -0.2) is 46.5 Å². The molecular formula is C18H22N4O2. The van der Waals surface area contributed by atoms with Gasteiger partial charge in [-0.05, 0) is 57.1 Å². The average Bonchev–Trinajstić information content (AvgIpc) is 3.15. The van der Waals surface area contributed by atoms with Gasteiger partial charge in [0.1, 0.15) is 11.3 Å². The third kappa shape index (κ3) is 4.08. The van der Waals surface area contributed by atoms with Crippen molar-refractivity contribution in [1.82, 2.24) is 20.2 Å². The molecule has 6 nitrogen and oxygen atoms in total. The highest BCUT2D eigenvalue weighted by Crippen LogP contribution is 2.21. The van der Waals surface area contributed by atoms with Crippen LogP contribution in [0.1, 0.15) is 30.1 Å². The number of hydrogen-bond acceptors (Lipinski definition) is 5. The van der Waals surface area contributed by atoms with Gasteiger partial charge in [-0.2, -0.15) is 0 Å². The molecule has 1 aliphatic rings. The van der Waals surface area contributed by atoms with Crippen LogP contribution in [-0.2, 0) is 0 Å². The van der Waals surface area contributed by atoms with Gasteiger partial charge in [0.15, 0.2) is 0 Å². The Kier molecular flexibility index (Phi) is 5.38. The molecule has 3 heterocycles. The number of carbonyl (C=O) groups is 1. The van der Waals surface area contributed by atoms with Crippen LogP contribution in [0.15, 0.2) is 42.9 Å². The maximum Gasteiger partial charge on any atom is 0.256 e. The molecule has 2 aromatic rings. The van der Waals surface area contributed by atoms with E-state index in [-0.39, 0.29) is 11.8 Å². The van der Waals surface area contributed by atoms with Gasteiger partial charge in [-0.3, -0.25) is 14.7 Å². The predicted octanol–water partition coefficient (Wildman–Crippen LogP) is 2.48. The second-order valence-corrected chi connectivity index (χ2v) is 5.95. The lowest BCUT2D eigenvalue weighted by molar-refractivity contribution is 0.0937. The monoisotopic (exact) mass is 326 g/mol. The molecule has 6 heteroatoms. The van der Waals surface area contributed by atoms with Crippen LogP contribution in [0.5, 0.6) is 11.6 Å². The van der Waals surface area contributed by atoms with E-state index in [1.807, 2.05) is 0 Å². The molecule has 1 amide bonds. The number of hydrogen-bond donors (Lipinski definition) is 1. The minimum atomic E-state index is -0.173. The van der Waals surface area contributed by atoms with Gasteiger partial charge in [0.2, 0.25) is 5.88 Å². The highest BCUT2D eigenvalue weighted by Gasteiger charge is 2.20. The molecule has 2 aromatic heterocycles. The fraction of sp³-hybridized carbons (Fsp3) is 0.389. The zero-order valence-electron chi connectivity index (χ0n) is 13.8.